The summed E-state index contributed by atoms with van der Waals surface area (Å²) >= 11 is 9.13. The highest BCUT2D eigenvalue weighted by Gasteiger charge is 2.11. The number of halogens is 2. The lowest BCUT2D eigenvalue weighted by Gasteiger charge is -2.08. The second kappa shape index (κ2) is 8.51. The van der Waals surface area contributed by atoms with Crippen LogP contribution in [0.25, 0.3) is 0 Å². The molecule has 106 valence electrons. The van der Waals surface area contributed by atoms with E-state index >= 15 is 0 Å². The van der Waals surface area contributed by atoms with Gasteiger partial charge in [-0.3, -0.25) is 4.79 Å². The van der Waals surface area contributed by atoms with Crippen molar-refractivity contribution in [3.63, 3.8) is 0 Å². The highest BCUT2D eigenvalue weighted by molar-refractivity contribution is 9.10. The quantitative estimate of drug-likeness (QED) is 0.607. The Morgan fingerprint density at radius 3 is 3.00 bits per heavy atom. The molecule has 0 bridgehead atoms. The van der Waals surface area contributed by atoms with Crippen molar-refractivity contribution in [3.8, 4) is 0 Å². The number of aromatic nitrogens is 1. The van der Waals surface area contributed by atoms with Crippen LogP contribution < -0.4 is 5.32 Å². The van der Waals surface area contributed by atoms with Crippen molar-refractivity contribution >= 4 is 33.4 Å². The summed E-state index contributed by atoms with van der Waals surface area (Å²) in [5.74, 6) is 0.309. The van der Waals surface area contributed by atoms with Gasteiger partial charge >= 0.3 is 0 Å². The van der Waals surface area contributed by atoms with Gasteiger partial charge in [-0.1, -0.05) is 25.4 Å². The molecular weight excluding hydrogens is 332 g/mol. The number of carbonyl (C=O) groups is 1. The van der Waals surface area contributed by atoms with Crippen molar-refractivity contribution in [1.29, 1.82) is 0 Å². The van der Waals surface area contributed by atoms with Crippen LogP contribution in [0.3, 0.4) is 0 Å². The average Bonchev–Trinajstić information content (AvgIpc) is 2.36. The number of nitrogens with zero attached hydrogens (tertiary/aromatic N) is 1. The van der Waals surface area contributed by atoms with Gasteiger partial charge in [-0.15, -0.1) is 0 Å². The molecule has 0 saturated carbocycles. The van der Waals surface area contributed by atoms with E-state index in [2.05, 4.69) is 40.1 Å². The Hall–Kier alpha value is -0.650. The predicted octanol–water partition coefficient (Wildman–Crippen LogP) is 3.29. The Labute approximate surface area is 127 Å². The third kappa shape index (κ3) is 6.36. The van der Waals surface area contributed by atoms with Crippen LogP contribution in [-0.4, -0.2) is 30.6 Å². The van der Waals surface area contributed by atoms with Gasteiger partial charge in [-0.25, -0.2) is 4.98 Å². The van der Waals surface area contributed by atoms with Gasteiger partial charge in [-0.2, -0.15) is 0 Å². The zero-order valence-corrected chi connectivity index (χ0v) is 13.4. The van der Waals surface area contributed by atoms with Crippen LogP contribution in [0.15, 0.2) is 16.7 Å². The number of rotatable bonds is 7. The van der Waals surface area contributed by atoms with E-state index in [1.165, 1.54) is 0 Å². The number of hydrogen-bond acceptors (Lipinski definition) is 3. The molecule has 19 heavy (non-hydrogen) atoms. The summed E-state index contributed by atoms with van der Waals surface area (Å²) in [4.78, 5) is 15.8. The summed E-state index contributed by atoms with van der Waals surface area (Å²) in [6.07, 6.45) is 2.33. The van der Waals surface area contributed by atoms with Gasteiger partial charge in [0.15, 0.2) is 0 Å². The molecule has 1 N–H and O–H groups in total. The third-order valence-electron chi connectivity index (χ3n) is 2.25. The van der Waals surface area contributed by atoms with Crippen LogP contribution >= 0.6 is 27.5 Å². The summed E-state index contributed by atoms with van der Waals surface area (Å²) in [5, 5.41) is 3.00. The summed E-state index contributed by atoms with van der Waals surface area (Å²) in [7, 11) is 0. The van der Waals surface area contributed by atoms with Crippen LogP contribution in [0.2, 0.25) is 5.15 Å². The fraction of sp³-hybridized carbons (Fsp3) is 0.538. The van der Waals surface area contributed by atoms with E-state index in [1.807, 2.05) is 0 Å². The van der Waals surface area contributed by atoms with Crippen molar-refractivity contribution < 1.29 is 9.53 Å². The number of amides is 1. The molecule has 0 aromatic carbocycles. The first kappa shape index (κ1) is 16.4. The first-order valence-corrected chi connectivity index (χ1v) is 7.34. The second-order valence-corrected chi connectivity index (χ2v) is 5.84. The molecule has 0 radical (unpaired) electrons. The third-order valence-corrected chi connectivity index (χ3v) is 2.99. The topological polar surface area (TPSA) is 51.2 Å². The van der Waals surface area contributed by atoms with E-state index in [-0.39, 0.29) is 11.1 Å². The van der Waals surface area contributed by atoms with Gasteiger partial charge in [-0.05, 0) is 34.3 Å². The van der Waals surface area contributed by atoms with Crippen LogP contribution in [0.5, 0.6) is 0 Å². The van der Waals surface area contributed by atoms with Gasteiger partial charge in [0.2, 0.25) is 0 Å². The maximum atomic E-state index is 11.9. The van der Waals surface area contributed by atoms with E-state index in [9.17, 15) is 4.79 Å². The van der Waals surface area contributed by atoms with Crippen molar-refractivity contribution in [1.82, 2.24) is 10.3 Å². The number of nitrogens with one attached hydrogen (secondary N) is 1. The van der Waals surface area contributed by atoms with Gasteiger partial charge in [0.1, 0.15) is 5.15 Å². The van der Waals surface area contributed by atoms with Crippen molar-refractivity contribution in [2.45, 2.75) is 20.3 Å². The lowest BCUT2D eigenvalue weighted by Crippen LogP contribution is -2.26. The van der Waals surface area contributed by atoms with Crippen LogP contribution in [0.1, 0.15) is 30.6 Å². The number of pyridine rings is 1. The SMILES string of the molecule is CC(C)COCCCNC(=O)c1cc(Br)cnc1Cl. The molecule has 1 heterocycles. The minimum atomic E-state index is -0.220. The minimum Gasteiger partial charge on any atom is -0.381 e. The van der Waals surface area contributed by atoms with Crippen LogP contribution in [-0.2, 0) is 4.74 Å². The molecule has 0 spiro atoms. The molecule has 1 aromatic heterocycles. The number of ether oxygens (including phenoxy) is 1. The first-order chi connectivity index (χ1) is 9.00. The lowest BCUT2D eigenvalue weighted by molar-refractivity contribution is 0.0924. The maximum Gasteiger partial charge on any atom is 0.254 e. The van der Waals surface area contributed by atoms with E-state index < -0.39 is 0 Å². The Morgan fingerprint density at radius 1 is 1.58 bits per heavy atom. The molecule has 1 amide bonds. The number of hydrogen-bond donors (Lipinski definition) is 1. The summed E-state index contributed by atoms with van der Waals surface area (Å²) < 4.78 is 6.15. The molecule has 0 aliphatic heterocycles. The Balaban J connectivity index is 2.29. The van der Waals surface area contributed by atoms with Crippen molar-refractivity contribution in [2.75, 3.05) is 19.8 Å². The summed E-state index contributed by atoms with van der Waals surface area (Å²) in [6, 6.07) is 1.65. The molecule has 0 saturated heterocycles. The zero-order valence-electron chi connectivity index (χ0n) is 11.1. The van der Waals surface area contributed by atoms with Crippen molar-refractivity contribution in [3.05, 3.63) is 27.5 Å². The Bertz CT molecular complexity index is 427. The van der Waals surface area contributed by atoms with Gasteiger partial charge in [0, 0.05) is 30.4 Å². The summed E-state index contributed by atoms with van der Waals surface area (Å²) in [5.41, 5.74) is 0.374. The second-order valence-electron chi connectivity index (χ2n) is 4.57. The smallest absolute Gasteiger partial charge is 0.254 e. The Kier molecular flexibility index (Phi) is 7.34. The van der Waals surface area contributed by atoms with Gasteiger partial charge in [0.25, 0.3) is 5.91 Å². The molecule has 6 heteroatoms. The first-order valence-electron chi connectivity index (χ1n) is 6.17. The van der Waals surface area contributed by atoms with Crippen LogP contribution in [0.4, 0.5) is 0 Å². The van der Waals surface area contributed by atoms with E-state index in [0.717, 1.165) is 17.5 Å². The molecule has 0 fully saturated rings. The van der Waals surface area contributed by atoms with Crippen LogP contribution in [0, 0.1) is 5.92 Å². The largest absolute Gasteiger partial charge is 0.381 e. The highest BCUT2D eigenvalue weighted by atomic mass is 79.9. The molecule has 0 aliphatic carbocycles. The highest BCUT2D eigenvalue weighted by Crippen LogP contribution is 2.17. The summed E-state index contributed by atoms with van der Waals surface area (Å²) in [6.45, 7) is 6.14. The van der Waals surface area contributed by atoms with Gasteiger partial charge in [0.05, 0.1) is 5.56 Å². The fourth-order valence-corrected chi connectivity index (χ4v) is 1.89. The van der Waals surface area contributed by atoms with E-state index in [4.69, 9.17) is 16.3 Å². The average molecular weight is 350 g/mol. The zero-order chi connectivity index (χ0) is 14.3. The normalized spacial score (nSPS) is 10.8. The lowest BCUT2D eigenvalue weighted by atomic mass is 10.2. The Morgan fingerprint density at radius 2 is 2.32 bits per heavy atom. The molecule has 0 unspecified atom stereocenters. The molecule has 4 nitrogen and oxygen atoms in total. The van der Waals surface area contributed by atoms with Gasteiger partial charge < -0.3 is 10.1 Å². The fourth-order valence-electron chi connectivity index (χ4n) is 1.37. The molecular formula is C13H18BrClN2O2. The van der Waals surface area contributed by atoms with E-state index in [0.29, 0.717) is 24.6 Å². The maximum absolute atomic E-state index is 11.9. The van der Waals surface area contributed by atoms with Crippen molar-refractivity contribution in [2.24, 2.45) is 5.92 Å². The predicted molar refractivity (Wildman–Crippen MR) is 79.6 cm³/mol. The molecule has 0 aliphatic rings. The molecule has 0 atom stereocenters. The molecule has 1 rings (SSSR count). The monoisotopic (exact) mass is 348 g/mol. The minimum absolute atomic E-state index is 0.205. The number of carbonyl (C=O) groups excluding carboxylic acids is 1. The van der Waals surface area contributed by atoms with E-state index in [1.54, 1.807) is 12.3 Å². The standard InChI is InChI=1S/C13H18BrClN2O2/c1-9(2)8-19-5-3-4-16-13(18)11-6-10(14)7-17-12(11)15/h6-7,9H,3-5,8H2,1-2H3,(H,16,18). The molecule has 1 aromatic rings.